The molecule has 0 aliphatic carbocycles. The predicted octanol–water partition coefficient (Wildman–Crippen LogP) is 3.87. The molecule has 1 amide bonds. The average Bonchev–Trinajstić information content (AvgIpc) is 3.09. The molecule has 0 radical (unpaired) electrons. The van der Waals surface area contributed by atoms with E-state index in [0.29, 0.717) is 24.3 Å². The molecule has 0 aromatic heterocycles. The van der Waals surface area contributed by atoms with E-state index in [9.17, 15) is 14.6 Å². The highest BCUT2D eigenvalue weighted by molar-refractivity contribution is 8.00. The Bertz CT molecular complexity index is 838. The van der Waals surface area contributed by atoms with Crippen LogP contribution < -0.4 is 10.1 Å². The fraction of sp³-hybridized carbons (Fsp3) is 0.667. The molecule has 10 heteroatoms. The lowest BCUT2D eigenvalue weighted by Gasteiger charge is -2.35. The number of nitrogens with zero attached hydrogens (tertiary/aromatic N) is 1. The van der Waals surface area contributed by atoms with Crippen molar-refractivity contribution in [3.8, 4) is 5.75 Å². The highest BCUT2D eigenvalue weighted by Crippen LogP contribution is 2.40. The Morgan fingerprint density at radius 3 is 2.68 bits per heavy atom. The zero-order valence-electron chi connectivity index (χ0n) is 21.4. The number of benzene rings is 1. The first-order valence-electron chi connectivity index (χ1n) is 11.8. The number of nitrogens with one attached hydrogen (secondary N) is 1. The second-order valence-corrected chi connectivity index (χ2v) is 11.9. The Labute approximate surface area is 213 Å². The second-order valence-electron chi connectivity index (χ2n) is 9.32. The number of methoxy groups -OCH3 is 1. The minimum Gasteiger partial charge on any atom is -0.494 e. The van der Waals surface area contributed by atoms with E-state index in [0.717, 1.165) is 23.5 Å². The van der Waals surface area contributed by atoms with E-state index in [2.05, 4.69) is 24.0 Å². The summed E-state index contributed by atoms with van der Waals surface area (Å²) in [6.45, 7) is 10.6. The van der Waals surface area contributed by atoms with Crippen molar-refractivity contribution in [2.24, 2.45) is 0 Å². The quantitative estimate of drug-likeness (QED) is 0.324. The Balaban J connectivity index is 2.11. The maximum Gasteiger partial charge on any atom is 0.377 e. The van der Waals surface area contributed by atoms with Gasteiger partial charge in [-0.2, -0.15) is 11.8 Å². The van der Waals surface area contributed by atoms with Gasteiger partial charge in [-0.05, 0) is 69.1 Å². The van der Waals surface area contributed by atoms with Crippen molar-refractivity contribution in [3.63, 3.8) is 0 Å². The number of ether oxygens (including phenoxy) is 2. The van der Waals surface area contributed by atoms with Crippen LogP contribution in [0.15, 0.2) is 18.2 Å². The number of esters is 1. The number of amides is 1. The molecule has 2 rings (SSSR count). The number of thioether (sulfide) groups is 2. The van der Waals surface area contributed by atoms with E-state index >= 15 is 0 Å². The first kappa shape index (κ1) is 28.9. The number of hydrogen-bond acceptors (Lipinski definition) is 8. The van der Waals surface area contributed by atoms with E-state index in [1.165, 1.54) is 7.11 Å². The maximum absolute atomic E-state index is 13.2. The SMILES string of the molecule is COC(=O)C(CCSC)NC(=O)c1cc(OCCC2CSC(C)(C)N2B(C)O)ccc1C(C)C. The van der Waals surface area contributed by atoms with Crippen molar-refractivity contribution in [1.82, 2.24) is 10.1 Å². The Morgan fingerprint density at radius 1 is 1.38 bits per heavy atom. The van der Waals surface area contributed by atoms with Gasteiger partial charge in [-0.3, -0.25) is 4.79 Å². The summed E-state index contributed by atoms with van der Waals surface area (Å²) >= 11 is 3.45. The highest BCUT2D eigenvalue weighted by Gasteiger charge is 2.43. The predicted molar refractivity (Wildman–Crippen MR) is 143 cm³/mol. The van der Waals surface area contributed by atoms with Gasteiger partial charge in [0, 0.05) is 17.4 Å². The normalized spacial score (nSPS) is 18.6. The largest absolute Gasteiger partial charge is 0.494 e. The molecule has 1 aromatic carbocycles. The van der Waals surface area contributed by atoms with Crippen LogP contribution in [0.4, 0.5) is 0 Å². The Kier molecular flexibility index (Phi) is 11.1. The number of carbonyl (C=O) groups is 2. The van der Waals surface area contributed by atoms with Crippen LogP contribution in [0, 0.1) is 0 Å². The van der Waals surface area contributed by atoms with Gasteiger partial charge in [0.05, 0.1) is 18.6 Å². The molecule has 1 aliphatic rings. The van der Waals surface area contributed by atoms with Crippen molar-refractivity contribution in [2.45, 2.75) is 70.2 Å². The summed E-state index contributed by atoms with van der Waals surface area (Å²) in [6.07, 6.45) is 3.23. The van der Waals surface area contributed by atoms with Crippen molar-refractivity contribution in [1.29, 1.82) is 0 Å². The summed E-state index contributed by atoms with van der Waals surface area (Å²) in [7, 11) is 0.807. The van der Waals surface area contributed by atoms with Crippen molar-refractivity contribution in [3.05, 3.63) is 29.3 Å². The van der Waals surface area contributed by atoms with Crippen LogP contribution in [-0.2, 0) is 9.53 Å². The van der Waals surface area contributed by atoms with E-state index in [1.54, 1.807) is 24.7 Å². The number of hydrogen-bond donors (Lipinski definition) is 2. The zero-order chi connectivity index (χ0) is 25.5. The average molecular weight is 511 g/mol. The van der Waals surface area contributed by atoms with Crippen LogP contribution in [0.3, 0.4) is 0 Å². The molecule has 2 atom stereocenters. The van der Waals surface area contributed by atoms with E-state index in [4.69, 9.17) is 9.47 Å². The molecule has 0 spiro atoms. The molecule has 0 bridgehead atoms. The van der Waals surface area contributed by atoms with Gasteiger partial charge in [0.2, 0.25) is 0 Å². The van der Waals surface area contributed by atoms with Crippen molar-refractivity contribution in [2.75, 3.05) is 31.5 Å². The fourth-order valence-corrected chi connectivity index (χ4v) is 6.22. The lowest BCUT2D eigenvalue weighted by atomic mass is 9.81. The molecule has 1 fully saturated rings. The molecular formula is C24H39BN2O5S2. The van der Waals surface area contributed by atoms with Crippen molar-refractivity contribution >= 4 is 42.5 Å². The molecule has 34 heavy (non-hydrogen) atoms. The Hall–Kier alpha value is -1.36. The summed E-state index contributed by atoms with van der Waals surface area (Å²) in [5.74, 6) is 1.67. The fourth-order valence-electron chi connectivity index (χ4n) is 4.37. The van der Waals surface area contributed by atoms with Gasteiger partial charge in [-0.25, -0.2) is 4.79 Å². The van der Waals surface area contributed by atoms with Crippen LogP contribution in [0.5, 0.6) is 5.75 Å². The standard InChI is InChI=1S/C24H39BN2O5S2/c1-16(2)19-9-8-18(32-12-10-17-15-34-24(3,4)27(17)25(5)30)14-20(19)22(28)26-21(11-13-33-7)23(29)31-6/h8-9,14,16-17,21,30H,10-13,15H2,1-7H3,(H,26,28). The second kappa shape index (κ2) is 13.1. The summed E-state index contributed by atoms with van der Waals surface area (Å²) < 4.78 is 10.9. The van der Waals surface area contributed by atoms with Gasteiger partial charge in [-0.1, -0.05) is 19.9 Å². The van der Waals surface area contributed by atoms with Crippen LogP contribution in [-0.4, -0.2) is 77.2 Å². The highest BCUT2D eigenvalue weighted by atomic mass is 32.2. The molecule has 1 heterocycles. The third kappa shape index (κ3) is 7.57. The molecule has 190 valence electrons. The van der Waals surface area contributed by atoms with Crippen LogP contribution in [0.25, 0.3) is 0 Å². The molecular weight excluding hydrogens is 471 g/mol. The van der Waals surface area contributed by atoms with Crippen LogP contribution in [0.2, 0.25) is 6.82 Å². The molecule has 2 N–H and O–H groups in total. The minimum absolute atomic E-state index is 0.116. The van der Waals surface area contributed by atoms with Gasteiger partial charge < -0.3 is 24.6 Å². The summed E-state index contributed by atoms with van der Waals surface area (Å²) in [5.41, 5.74) is 1.40. The molecule has 7 nitrogen and oxygen atoms in total. The summed E-state index contributed by atoms with van der Waals surface area (Å²) in [4.78, 5) is 27.3. The lowest BCUT2D eigenvalue weighted by molar-refractivity contribution is -0.142. The monoisotopic (exact) mass is 510 g/mol. The Morgan fingerprint density at radius 2 is 2.09 bits per heavy atom. The first-order chi connectivity index (χ1) is 16.0. The zero-order valence-corrected chi connectivity index (χ0v) is 23.1. The van der Waals surface area contributed by atoms with Gasteiger partial charge >= 0.3 is 13.0 Å². The molecule has 2 unspecified atom stereocenters. The molecule has 0 saturated carbocycles. The van der Waals surface area contributed by atoms with Crippen molar-refractivity contribution < 1.29 is 24.1 Å². The summed E-state index contributed by atoms with van der Waals surface area (Å²) in [5, 5.41) is 13.1. The third-order valence-electron chi connectivity index (χ3n) is 6.06. The minimum atomic E-state index is -0.691. The number of rotatable bonds is 12. The van der Waals surface area contributed by atoms with E-state index < -0.39 is 19.1 Å². The smallest absolute Gasteiger partial charge is 0.377 e. The first-order valence-corrected chi connectivity index (χ1v) is 14.1. The molecule has 1 aromatic rings. The van der Waals surface area contributed by atoms with E-state index in [1.807, 2.05) is 44.0 Å². The van der Waals surface area contributed by atoms with Gasteiger partial charge in [0.15, 0.2) is 0 Å². The van der Waals surface area contributed by atoms with Gasteiger partial charge in [0.25, 0.3) is 5.91 Å². The maximum atomic E-state index is 13.2. The van der Waals surface area contributed by atoms with E-state index in [-0.39, 0.29) is 22.7 Å². The van der Waals surface area contributed by atoms with Crippen LogP contribution in [0.1, 0.15) is 62.4 Å². The lowest BCUT2D eigenvalue weighted by Crippen LogP contribution is -2.51. The third-order valence-corrected chi connectivity index (χ3v) is 8.17. The van der Waals surface area contributed by atoms with Gasteiger partial charge in [-0.15, -0.1) is 11.8 Å². The number of carbonyl (C=O) groups excluding carboxylic acids is 2. The molecule has 1 aliphatic heterocycles. The van der Waals surface area contributed by atoms with Gasteiger partial charge in [0.1, 0.15) is 11.8 Å². The molecule has 1 saturated heterocycles. The summed E-state index contributed by atoms with van der Waals surface area (Å²) in [6, 6.07) is 5.09. The van der Waals surface area contributed by atoms with Crippen LogP contribution >= 0.6 is 23.5 Å². The topological polar surface area (TPSA) is 88.1 Å².